The molecule has 0 aliphatic rings. The van der Waals surface area contributed by atoms with Crippen LogP contribution in [0.25, 0.3) is 0 Å². The molecule has 0 saturated heterocycles. The quantitative estimate of drug-likeness (QED) is 0.282. The molecule has 0 amide bonds. The van der Waals surface area contributed by atoms with Crippen LogP contribution in [-0.4, -0.2) is 30.2 Å². The highest BCUT2D eigenvalue weighted by Gasteiger charge is 2.35. The molecule has 0 saturated carbocycles. The van der Waals surface area contributed by atoms with E-state index >= 15 is 0 Å². The van der Waals surface area contributed by atoms with Gasteiger partial charge in [-0.25, -0.2) is 0 Å². The highest BCUT2D eigenvalue weighted by Crippen LogP contribution is 2.37. The zero-order valence-electron chi connectivity index (χ0n) is 18.5. The predicted octanol–water partition coefficient (Wildman–Crippen LogP) is 6.07. The van der Waals surface area contributed by atoms with Crippen molar-refractivity contribution in [2.75, 3.05) is 13.2 Å². The minimum atomic E-state index is -4.77. The van der Waals surface area contributed by atoms with Crippen molar-refractivity contribution in [3.63, 3.8) is 0 Å². The molecule has 192 valence electrons. The van der Waals surface area contributed by atoms with Gasteiger partial charge in [0.2, 0.25) is 0 Å². The summed E-state index contributed by atoms with van der Waals surface area (Å²) in [5, 5.41) is 9.38. The van der Waals surface area contributed by atoms with E-state index in [1.165, 1.54) is 36.4 Å². The van der Waals surface area contributed by atoms with Gasteiger partial charge in [0, 0.05) is 5.54 Å². The van der Waals surface area contributed by atoms with E-state index < -0.39 is 23.6 Å². The summed E-state index contributed by atoms with van der Waals surface area (Å²) in [5.74, 6) is -0.640. The molecule has 1 atom stereocenters. The zero-order valence-corrected chi connectivity index (χ0v) is 19.3. The standard InChI is InChI=1S/C23H27F6NO3.ClH/c1-2-21(30,15-31)12-11-17-7-10-20(19(14-17)22(24,25)26)32-13-3-4-16-5-8-18(9-6-16)33-23(27,28)29;/h5-10,14,31H,2-4,11-13,15,30H2,1H3;1H/t21-;/m1./s1. The molecular weight excluding hydrogens is 488 g/mol. The third-order valence-electron chi connectivity index (χ3n) is 5.30. The number of hydrogen-bond donors (Lipinski definition) is 2. The molecule has 0 bridgehead atoms. The molecule has 0 unspecified atom stereocenters. The number of aryl methyl sites for hydroxylation is 2. The van der Waals surface area contributed by atoms with E-state index in [4.69, 9.17) is 10.5 Å². The lowest BCUT2D eigenvalue weighted by atomic mass is 9.90. The summed E-state index contributed by atoms with van der Waals surface area (Å²) in [7, 11) is 0. The van der Waals surface area contributed by atoms with Gasteiger partial charge in [-0.1, -0.05) is 25.1 Å². The minimum absolute atomic E-state index is 0. The van der Waals surface area contributed by atoms with Crippen molar-refractivity contribution in [3.05, 3.63) is 59.2 Å². The smallest absolute Gasteiger partial charge is 0.493 e. The maximum atomic E-state index is 13.5. The minimum Gasteiger partial charge on any atom is -0.493 e. The van der Waals surface area contributed by atoms with Crippen LogP contribution >= 0.6 is 12.4 Å². The maximum absolute atomic E-state index is 13.5. The van der Waals surface area contributed by atoms with Crippen LogP contribution in [0, 0.1) is 0 Å². The predicted molar refractivity (Wildman–Crippen MR) is 118 cm³/mol. The van der Waals surface area contributed by atoms with Crippen molar-refractivity contribution in [1.29, 1.82) is 0 Å². The van der Waals surface area contributed by atoms with Crippen molar-refractivity contribution in [2.45, 2.75) is 57.1 Å². The third-order valence-corrected chi connectivity index (χ3v) is 5.30. The molecule has 0 aromatic heterocycles. The molecular formula is C23H28ClF6NO3. The fourth-order valence-corrected chi connectivity index (χ4v) is 3.16. The van der Waals surface area contributed by atoms with Crippen LogP contribution in [0.5, 0.6) is 11.5 Å². The molecule has 2 aromatic carbocycles. The van der Waals surface area contributed by atoms with Gasteiger partial charge in [-0.2, -0.15) is 13.2 Å². The van der Waals surface area contributed by atoms with Crippen LogP contribution in [0.2, 0.25) is 0 Å². The van der Waals surface area contributed by atoms with Crippen molar-refractivity contribution < 1.29 is 40.9 Å². The Morgan fingerprint density at radius 3 is 2.06 bits per heavy atom. The monoisotopic (exact) mass is 515 g/mol. The lowest BCUT2D eigenvalue weighted by molar-refractivity contribution is -0.274. The zero-order chi connectivity index (χ0) is 24.7. The molecule has 0 fully saturated rings. The number of ether oxygens (including phenoxy) is 2. The van der Waals surface area contributed by atoms with E-state index in [2.05, 4.69) is 4.74 Å². The molecule has 34 heavy (non-hydrogen) atoms. The van der Waals surface area contributed by atoms with Gasteiger partial charge < -0.3 is 20.3 Å². The third kappa shape index (κ3) is 9.60. The number of aliphatic hydroxyl groups is 1. The summed E-state index contributed by atoms with van der Waals surface area (Å²) >= 11 is 0. The summed E-state index contributed by atoms with van der Waals surface area (Å²) in [6, 6.07) is 9.10. The molecule has 3 N–H and O–H groups in total. The number of benzene rings is 2. The van der Waals surface area contributed by atoms with E-state index in [-0.39, 0.29) is 43.5 Å². The molecule has 0 spiro atoms. The Kier molecular flexibility index (Phi) is 11.0. The lowest BCUT2D eigenvalue weighted by Crippen LogP contribution is -2.43. The van der Waals surface area contributed by atoms with Crippen LogP contribution < -0.4 is 15.2 Å². The topological polar surface area (TPSA) is 64.7 Å². The molecule has 2 aromatic rings. The molecule has 0 aliphatic heterocycles. The van der Waals surface area contributed by atoms with Crippen LogP contribution in [0.15, 0.2) is 42.5 Å². The van der Waals surface area contributed by atoms with Crippen LogP contribution in [0.4, 0.5) is 26.3 Å². The number of aliphatic hydroxyl groups excluding tert-OH is 1. The Labute approximate surface area is 200 Å². The second-order valence-corrected chi connectivity index (χ2v) is 7.85. The Hall–Kier alpha value is -2.17. The lowest BCUT2D eigenvalue weighted by Gasteiger charge is -2.25. The largest absolute Gasteiger partial charge is 0.573 e. The average Bonchev–Trinajstić information content (AvgIpc) is 2.75. The molecule has 4 nitrogen and oxygen atoms in total. The van der Waals surface area contributed by atoms with Gasteiger partial charge in [0.05, 0.1) is 18.8 Å². The SMILES string of the molecule is CC[C@](N)(CO)CCc1ccc(OCCCc2ccc(OC(F)(F)F)cc2)c(C(F)(F)F)c1.Cl. The Balaban J connectivity index is 0.00000578. The van der Waals surface area contributed by atoms with Gasteiger partial charge in [0.1, 0.15) is 11.5 Å². The molecule has 0 aliphatic carbocycles. The second kappa shape index (κ2) is 12.5. The summed E-state index contributed by atoms with van der Waals surface area (Å²) in [6.07, 6.45) is -7.50. The van der Waals surface area contributed by atoms with Crippen LogP contribution in [0.3, 0.4) is 0 Å². The van der Waals surface area contributed by atoms with E-state index in [0.29, 0.717) is 36.8 Å². The molecule has 11 heteroatoms. The number of hydrogen-bond acceptors (Lipinski definition) is 4. The normalized spacial score (nSPS) is 13.7. The van der Waals surface area contributed by atoms with E-state index in [1.54, 1.807) is 6.92 Å². The van der Waals surface area contributed by atoms with Gasteiger partial charge in [0.15, 0.2) is 0 Å². The van der Waals surface area contributed by atoms with Crippen molar-refractivity contribution in [1.82, 2.24) is 0 Å². The van der Waals surface area contributed by atoms with Gasteiger partial charge in [0.25, 0.3) is 0 Å². The Bertz CT molecular complexity index is 884. The van der Waals surface area contributed by atoms with Crippen molar-refractivity contribution in [3.8, 4) is 11.5 Å². The Morgan fingerprint density at radius 2 is 1.53 bits per heavy atom. The van der Waals surface area contributed by atoms with Crippen LogP contribution in [-0.2, 0) is 19.0 Å². The van der Waals surface area contributed by atoms with E-state index in [1.807, 2.05) is 0 Å². The van der Waals surface area contributed by atoms with Gasteiger partial charge >= 0.3 is 12.5 Å². The second-order valence-electron chi connectivity index (χ2n) is 7.85. The van der Waals surface area contributed by atoms with Crippen molar-refractivity contribution >= 4 is 12.4 Å². The highest BCUT2D eigenvalue weighted by atomic mass is 35.5. The molecule has 0 radical (unpaired) electrons. The first-order chi connectivity index (χ1) is 15.3. The first-order valence-electron chi connectivity index (χ1n) is 10.4. The summed E-state index contributed by atoms with van der Waals surface area (Å²) in [5.41, 5.74) is 5.41. The van der Waals surface area contributed by atoms with Gasteiger partial charge in [-0.15, -0.1) is 25.6 Å². The first-order valence-corrected chi connectivity index (χ1v) is 10.4. The number of nitrogens with two attached hydrogens (primary N) is 1. The highest BCUT2D eigenvalue weighted by molar-refractivity contribution is 5.85. The molecule has 2 rings (SSSR count). The van der Waals surface area contributed by atoms with Crippen molar-refractivity contribution in [2.24, 2.45) is 5.73 Å². The van der Waals surface area contributed by atoms with Gasteiger partial charge in [-0.3, -0.25) is 0 Å². The Morgan fingerprint density at radius 1 is 0.912 bits per heavy atom. The fraction of sp³-hybridized carbons (Fsp3) is 0.478. The average molecular weight is 516 g/mol. The number of halogens is 7. The first kappa shape index (κ1) is 29.9. The summed E-state index contributed by atoms with van der Waals surface area (Å²) in [4.78, 5) is 0. The number of rotatable bonds is 11. The molecule has 0 heterocycles. The van der Waals surface area contributed by atoms with E-state index in [0.717, 1.165) is 6.07 Å². The van der Waals surface area contributed by atoms with E-state index in [9.17, 15) is 31.4 Å². The summed E-state index contributed by atoms with van der Waals surface area (Å²) in [6.45, 7) is 1.55. The number of alkyl halides is 6. The fourth-order valence-electron chi connectivity index (χ4n) is 3.16. The maximum Gasteiger partial charge on any atom is 0.573 e. The van der Waals surface area contributed by atoms with Gasteiger partial charge in [-0.05, 0) is 67.5 Å². The summed E-state index contributed by atoms with van der Waals surface area (Å²) < 4.78 is 86.3. The van der Waals surface area contributed by atoms with Crippen LogP contribution in [0.1, 0.15) is 42.9 Å².